The Hall–Kier alpha value is -7.46. The predicted molar refractivity (Wildman–Crippen MR) is 293 cm³/mol. The van der Waals surface area contributed by atoms with Crippen LogP contribution in [-0.4, -0.2) is 113 Å². The molecule has 414 valence electrons. The molecule has 0 spiro atoms. The number of aryl methyl sites for hydroxylation is 2. The molecule has 24 heteroatoms. The number of nitrogens with one attached hydrogen (secondary N) is 2. The highest BCUT2D eigenvalue weighted by molar-refractivity contribution is 6.31. The molecule has 22 nitrogen and oxygen atoms in total. The van der Waals surface area contributed by atoms with E-state index in [1.165, 1.54) is 44.4 Å². The fourth-order valence-corrected chi connectivity index (χ4v) is 10.4. The summed E-state index contributed by atoms with van der Waals surface area (Å²) in [5.41, 5.74) is -1.82. The van der Waals surface area contributed by atoms with E-state index in [2.05, 4.69) is 10.6 Å². The highest BCUT2D eigenvalue weighted by Gasteiger charge is 2.37. The molecule has 0 radical (unpaired) electrons. The predicted octanol–water partition coefficient (Wildman–Crippen LogP) is 5.95. The lowest BCUT2D eigenvalue weighted by Gasteiger charge is -2.36. The third-order valence-corrected chi connectivity index (χ3v) is 14.1. The molecule has 0 saturated carbocycles. The molecule has 0 unspecified atom stereocenters. The third kappa shape index (κ3) is 12.1. The molecule has 0 bridgehead atoms. The molecular weight excluding hydrogens is 1040 g/mol. The number of halogens is 2. The molecule has 3 N–H and O–H groups in total. The summed E-state index contributed by atoms with van der Waals surface area (Å²) in [4.78, 5) is 107. The highest BCUT2D eigenvalue weighted by Crippen LogP contribution is 2.37. The molecule has 2 amide bonds. The van der Waals surface area contributed by atoms with E-state index in [0.29, 0.717) is 66.7 Å². The van der Waals surface area contributed by atoms with Crippen molar-refractivity contribution >= 4 is 81.0 Å². The summed E-state index contributed by atoms with van der Waals surface area (Å²) in [6.45, 7) is 12.6. The van der Waals surface area contributed by atoms with Gasteiger partial charge >= 0.3 is 35.5 Å². The van der Waals surface area contributed by atoms with Gasteiger partial charge in [0.15, 0.2) is 0 Å². The number of carboxylic acids is 1. The lowest BCUT2D eigenvalue weighted by molar-refractivity contribution is 0.0488. The van der Waals surface area contributed by atoms with Gasteiger partial charge in [-0.05, 0) is 90.5 Å². The molecule has 6 aromatic rings. The standard InChI is InChI=1S/C27H34ClN5O6.C26H32ClN5O6/c1-27(2,3)39-25(36)29-17-11-9-13-32(15-17)22-19(24(35)38-6)20-21(23(34)31(5)26(37)30(20)4)33(22)14-16-10-7-8-12-18(16)28;1-26(2,3)38-24(36)28-16-10-8-12-31(14-16)21-18(23(34)35)19-20(22(33)30(5)25(37)29(19)4)32(21)13-15-9-6-7-11-17(15)27/h7-8,10,12,17H,9,11,13-15H2,1-6H3,(H,29,36);6-7,9,11,16H,8,10,12-14H2,1-5H3,(H,28,36)(H,34,35)/t17-;16-/m11/s1. The maximum Gasteiger partial charge on any atom is 0.407 e. The molecule has 2 aliphatic heterocycles. The van der Waals surface area contributed by atoms with Crippen molar-refractivity contribution in [2.45, 2.75) is 104 Å². The number of amides is 2. The van der Waals surface area contributed by atoms with Crippen molar-refractivity contribution in [1.29, 1.82) is 0 Å². The Morgan fingerprint density at radius 2 is 0.974 bits per heavy atom. The number of hydrogen-bond donors (Lipinski definition) is 3. The molecule has 77 heavy (non-hydrogen) atoms. The van der Waals surface area contributed by atoms with Crippen LogP contribution in [0, 0.1) is 0 Å². The first-order valence-electron chi connectivity index (χ1n) is 25.1. The second-order valence-electron chi connectivity index (χ2n) is 21.2. The zero-order chi connectivity index (χ0) is 56.6. The van der Waals surface area contributed by atoms with Crippen LogP contribution in [0.2, 0.25) is 10.0 Å². The summed E-state index contributed by atoms with van der Waals surface area (Å²) < 4.78 is 23.8. The minimum atomic E-state index is -1.27. The van der Waals surface area contributed by atoms with Gasteiger partial charge in [0, 0.05) is 76.5 Å². The Bertz CT molecular complexity index is 3540. The van der Waals surface area contributed by atoms with Gasteiger partial charge in [-0.25, -0.2) is 28.8 Å². The van der Waals surface area contributed by atoms with Crippen LogP contribution in [0.1, 0.15) is 99.1 Å². The number of nitrogens with zero attached hydrogens (tertiary/aromatic N) is 8. The Labute approximate surface area is 453 Å². The molecule has 2 aliphatic rings. The Balaban J connectivity index is 0.000000224. The van der Waals surface area contributed by atoms with E-state index >= 15 is 0 Å². The Kier molecular flexibility index (Phi) is 16.8. The summed E-state index contributed by atoms with van der Waals surface area (Å²) in [5.74, 6) is -1.25. The van der Waals surface area contributed by atoms with E-state index in [0.717, 1.165) is 14.7 Å². The van der Waals surface area contributed by atoms with Crippen LogP contribution in [0.3, 0.4) is 0 Å². The van der Waals surface area contributed by atoms with Crippen molar-refractivity contribution in [2.24, 2.45) is 28.2 Å². The van der Waals surface area contributed by atoms with Crippen molar-refractivity contribution in [3.05, 3.63) is 123 Å². The van der Waals surface area contributed by atoms with E-state index in [4.69, 9.17) is 37.4 Å². The number of fused-ring (bicyclic) bond motifs is 2. The smallest absolute Gasteiger partial charge is 0.407 e. The number of esters is 1. The van der Waals surface area contributed by atoms with Crippen molar-refractivity contribution < 1.29 is 38.5 Å². The van der Waals surface area contributed by atoms with Crippen LogP contribution in [-0.2, 0) is 55.5 Å². The fourth-order valence-electron chi connectivity index (χ4n) is 9.97. The average molecular weight is 1110 g/mol. The van der Waals surface area contributed by atoms with Crippen molar-refractivity contribution in [3.8, 4) is 0 Å². The van der Waals surface area contributed by atoms with Crippen LogP contribution in [0.4, 0.5) is 21.2 Å². The monoisotopic (exact) mass is 1100 g/mol. The van der Waals surface area contributed by atoms with E-state index in [1.54, 1.807) is 87.1 Å². The van der Waals surface area contributed by atoms with Crippen LogP contribution < -0.4 is 42.9 Å². The highest BCUT2D eigenvalue weighted by atomic mass is 35.5. The number of anilines is 2. The molecule has 2 fully saturated rings. The number of carbonyl (C=O) groups is 4. The number of aromatic nitrogens is 6. The minimum Gasteiger partial charge on any atom is -0.477 e. The number of methoxy groups -OCH3 is 1. The molecule has 8 rings (SSSR count). The molecule has 6 heterocycles. The number of carbonyl (C=O) groups excluding carboxylic acids is 3. The third-order valence-electron chi connectivity index (χ3n) is 13.3. The fraction of sp³-hybridized carbons (Fsp3) is 0.472. The largest absolute Gasteiger partial charge is 0.477 e. The van der Waals surface area contributed by atoms with Crippen LogP contribution in [0.15, 0.2) is 67.7 Å². The van der Waals surface area contributed by atoms with E-state index < -0.39 is 57.8 Å². The van der Waals surface area contributed by atoms with Gasteiger partial charge in [-0.1, -0.05) is 59.6 Å². The number of rotatable bonds is 10. The number of carboxylic acid groups (broad SMARTS) is 1. The van der Waals surface area contributed by atoms with Gasteiger partial charge in [0.05, 0.1) is 31.2 Å². The second-order valence-corrected chi connectivity index (χ2v) is 22.0. The van der Waals surface area contributed by atoms with Crippen LogP contribution in [0.25, 0.3) is 22.1 Å². The first kappa shape index (κ1) is 57.2. The average Bonchev–Trinajstić information content (AvgIpc) is 3.97. The molecule has 4 aromatic heterocycles. The SMILES string of the molecule is COC(=O)c1c(N2CCC[C@@H](NC(=O)OC(C)(C)C)C2)n(Cc2ccccc2Cl)c2c(=O)n(C)c(=O)n(C)c12.Cn1c(=O)c2c(c(C(=O)O)c(N3CCC[C@@H](NC(=O)OC(C)(C)C)C3)n2Cc2ccccc2Cl)n(C)c1=O. The number of piperidine rings is 2. The lowest BCUT2D eigenvalue weighted by Crippen LogP contribution is -2.49. The van der Waals surface area contributed by atoms with Gasteiger partial charge in [0.1, 0.15) is 45.0 Å². The van der Waals surface area contributed by atoms with Crippen LogP contribution in [0.5, 0.6) is 0 Å². The summed E-state index contributed by atoms with van der Waals surface area (Å²) in [5, 5.41) is 17.1. The summed E-state index contributed by atoms with van der Waals surface area (Å²) in [7, 11) is 6.98. The summed E-state index contributed by atoms with van der Waals surface area (Å²) in [6.07, 6.45) is 1.64. The van der Waals surface area contributed by atoms with Gasteiger partial charge < -0.3 is 48.9 Å². The quantitative estimate of drug-likeness (QED) is 0.106. The van der Waals surface area contributed by atoms with E-state index in [-0.39, 0.29) is 70.7 Å². The molecule has 2 saturated heterocycles. The normalized spacial score (nSPS) is 16.0. The number of hydrogen-bond acceptors (Lipinski definition) is 13. The number of alkyl carbamates (subject to hydrolysis) is 2. The number of ether oxygens (including phenoxy) is 3. The van der Waals surface area contributed by atoms with Gasteiger partial charge in [-0.3, -0.25) is 27.9 Å². The van der Waals surface area contributed by atoms with Crippen LogP contribution >= 0.6 is 23.2 Å². The van der Waals surface area contributed by atoms with Crippen molar-refractivity contribution in [3.63, 3.8) is 0 Å². The van der Waals surface area contributed by atoms with E-state index in [1.807, 2.05) is 21.9 Å². The first-order chi connectivity index (χ1) is 36.1. The van der Waals surface area contributed by atoms with Gasteiger partial charge in [0.25, 0.3) is 11.1 Å². The zero-order valence-corrected chi connectivity index (χ0v) is 46.6. The summed E-state index contributed by atoms with van der Waals surface area (Å²) >= 11 is 13.0. The second kappa shape index (κ2) is 22.6. The minimum absolute atomic E-state index is 0.0369. The zero-order valence-electron chi connectivity index (χ0n) is 45.1. The van der Waals surface area contributed by atoms with Crippen molar-refractivity contribution in [1.82, 2.24) is 38.0 Å². The molecule has 2 aromatic carbocycles. The first-order valence-corrected chi connectivity index (χ1v) is 25.8. The molecule has 0 aliphatic carbocycles. The maximum atomic E-state index is 13.6. The van der Waals surface area contributed by atoms with Gasteiger partial charge in [-0.15, -0.1) is 0 Å². The Morgan fingerprint density at radius 3 is 1.34 bits per heavy atom. The van der Waals surface area contributed by atoms with Gasteiger partial charge in [-0.2, -0.15) is 0 Å². The number of aromatic carboxylic acids is 1. The van der Waals surface area contributed by atoms with Crippen molar-refractivity contribution in [2.75, 3.05) is 43.1 Å². The lowest BCUT2D eigenvalue weighted by atomic mass is 10.1. The molecule has 2 atom stereocenters. The maximum absolute atomic E-state index is 13.6. The molecular formula is C53H66Cl2N10O12. The van der Waals surface area contributed by atoms with E-state index in [9.17, 15) is 43.5 Å². The summed E-state index contributed by atoms with van der Waals surface area (Å²) in [6, 6.07) is 13.7. The topological polar surface area (TPSA) is 245 Å². The number of benzene rings is 2. The Morgan fingerprint density at radius 1 is 0.597 bits per heavy atom. The van der Waals surface area contributed by atoms with Gasteiger partial charge in [0.2, 0.25) is 0 Å².